The van der Waals surface area contributed by atoms with E-state index in [1.165, 1.54) is 6.42 Å². The minimum atomic E-state index is -0.495. The van der Waals surface area contributed by atoms with Crippen LogP contribution in [0.25, 0.3) is 0 Å². The van der Waals surface area contributed by atoms with Crippen LogP contribution in [0.3, 0.4) is 0 Å². The molecule has 0 aliphatic carbocycles. The molecule has 0 saturated carbocycles. The van der Waals surface area contributed by atoms with Crippen molar-refractivity contribution in [1.29, 1.82) is 0 Å². The maximum absolute atomic E-state index is 9.69. The second-order valence-corrected chi connectivity index (χ2v) is 6.75. The van der Waals surface area contributed by atoms with Crippen LogP contribution in [0.1, 0.15) is 67.7 Å². The molecule has 0 radical (unpaired) electrons. The molecule has 0 saturated heterocycles. The van der Waals surface area contributed by atoms with Gasteiger partial charge in [0, 0.05) is 0 Å². The molecule has 0 amide bonds. The first-order valence-electron chi connectivity index (χ1n) is 6.87. The van der Waals surface area contributed by atoms with Gasteiger partial charge in [0.15, 0.2) is 0 Å². The molecule has 0 aliphatic rings. The zero-order valence-corrected chi connectivity index (χ0v) is 12.4. The highest BCUT2D eigenvalue weighted by Crippen LogP contribution is 2.32. The predicted molar refractivity (Wildman–Crippen MR) is 72.5 cm³/mol. The Hall–Kier alpha value is -0.0400. The van der Waals surface area contributed by atoms with Crippen molar-refractivity contribution >= 4 is 0 Å². The third-order valence-electron chi connectivity index (χ3n) is 3.64. The fourth-order valence-corrected chi connectivity index (χ4v) is 3.13. The molecule has 0 rings (SSSR count). The molecule has 1 heteroatoms. The summed E-state index contributed by atoms with van der Waals surface area (Å²) in [6.45, 7) is 15.5. The van der Waals surface area contributed by atoms with E-state index in [-0.39, 0.29) is 0 Å². The summed E-state index contributed by atoms with van der Waals surface area (Å²) < 4.78 is 0. The minimum absolute atomic E-state index is 0.495. The first kappa shape index (κ1) is 16.0. The van der Waals surface area contributed by atoms with E-state index in [9.17, 15) is 5.11 Å². The lowest BCUT2D eigenvalue weighted by molar-refractivity contribution is 0.0643. The van der Waals surface area contributed by atoms with Gasteiger partial charge in [-0.25, -0.2) is 0 Å². The highest BCUT2D eigenvalue weighted by molar-refractivity contribution is 4.74. The van der Waals surface area contributed by atoms with Gasteiger partial charge >= 0.3 is 0 Å². The van der Waals surface area contributed by atoms with Gasteiger partial charge in [-0.2, -0.15) is 0 Å². The number of rotatable bonds is 7. The van der Waals surface area contributed by atoms with Gasteiger partial charge in [-0.15, -0.1) is 0 Å². The van der Waals surface area contributed by atoms with E-state index in [2.05, 4.69) is 34.6 Å². The lowest BCUT2D eigenvalue weighted by Gasteiger charge is -2.31. The first-order chi connectivity index (χ1) is 7.15. The Balaban J connectivity index is 4.07. The standard InChI is InChI=1S/C15H32O/c1-11(2)14(12(3)4)13(5)9-8-10-15(6,7)16/h11-14,16H,8-10H2,1-7H3/t13-/m1/s1. The van der Waals surface area contributed by atoms with Gasteiger partial charge < -0.3 is 5.11 Å². The van der Waals surface area contributed by atoms with Crippen LogP contribution < -0.4 is 0 Å². The van der Waals surface area contributed by atoms with E-state index in [1.807, 2.05) is 13.8 Å². The maximum atomic E-state index is 9.69. The van der Waals surface area contributed by atoms with E-state index >= 15 is 0 Å². The molecule has 0 bridgehead atoms. The molecular weight excluding hydrogens is 196 g/mol. The lowest BCUT2D eigenvalue weighted by Crippen LogP contribution is -2.24. The Labute approximate surface area is 103 Å². The van der Waals surface area contributed by atoms with E-state index in [4.69, 9.17) is 0 Å². The van der Waals surface area contributed by atoms with Crippen molar-refractivity contribution in [3.8, 4) is 0 Å². The summed E-state index contributed by atoms with van der Waals surface area (Å²) in [6, 6.07) is 0. The topological polar surface area (TPSA) is 20.2 Å². The molecule has 98 valence electrons. The zero-order valence-electron chi connectivity index (χ0n) is 12.4. The summed E-state index contributed by atoms with van der Waals surface area (Å²) in [4.78, 5) is 0. The van der Waals surface area contributed by atoms with Gasteiger partial charge in [-0.3, -0.25) is 0 Å². The molecule has 16 heavy (non-hydrogen) atoms. The van der Waals surface area contributed by atoms with E-state index in [1.54, 1.807) is 0 Å². The van der Waals surface area contributed by atoms with Crippen LogP contribution in [0.5, 0.6) is 0 Å². The van der Waals surface area contributed by atoms with E-state index < -0.39 is 5.60 Å². The summed E-state index contributed by atoms with van der Waals surface area (Å²) in [5.41, 5.74) is -0.495. The second kappa shape index (κ2) is 6.64. The molecule has 0 unspecified atom stereocenters. The van der Waals surface area contributed by atoms with Crippen LogP contribution in [-0.2, 0) is 0 Å². The molecule has 0 aromatic carbocycles. The normalized spacial score (nSPS) is 15.2. The van der Waals surface area contributed by atoms with Gasteiger partial charge in [-0.05, 0) is 43.9 Å². The van der Waals surface area contributed by atoms with Gasteiger partial charge in [-0.1, -0.05) is 47.5 Å². The van der Waals surface area contributed by atoms with Gasteiger partial charge in [0.2, 0.25) is 0 Å². The van der Waals surface area contributed by atoms with Gasteiger partial charge in [0.25, 0.3) is 0 Å². The van der Waals surface area contributed by atoms with Crippen molar-refractivity contribution in [3.63, 3.8) is 0 Å². The smallest absolute Gasteiger partial charge is 0.0591 e. The van der Waals surface area contributed by atoms with Crippen molar-refractivity contribution < 1.29 is 5.11 Å². The fraction of sp³-hybridized carbons (Fsp3) is 1.00. The van der Waals surface area contributed by atoms with Crippen molar-refractivity contribution in [2.24, 2.45) is 23.7 Å². The zero-order chi connectivity index (χ0) is 12.9. The van der Waals surface area contributed by atoms with Crippen LogP contribution in [0.4, 0.5) is 0 Å². The monoisotopic (exact) mass is 228 g/mol. The highest BCUT2D eigenvalue weighted by atomic mass is 16.3. The van der Waals surface area contributed by atoms with Crippen molar-refractivity contribution in [3.05, 3.63) is 0 Å². The molecule has 0 fully saturated rings. The summed E-state index contributed by atoms with van der Waals surface area (Å²) in [5.74, 6) is 3.10. The Morgan fingerprint density at radius 1 is 0.938 bits per heavy atom. The van der Waals surface area contributed by atoms with Crippen molar-refractivity contribution in [2.75, 3.05) is 0 Å². The molecule has 0 aromatic rings. The highest BCUT2D eigenvalue weighted by Gasteiger charge is 2.24. The van der Waals surface area contributed by atoms with Crippen LogP contribution in [0.2, 0.25) is 0 Å². The summed E-state index contributed by atoms with van der Waals surface area (Å²) in [5, 5.41) is 9.69. The minimum Gasteiger partial charge on any atom is -0.390 e. The van der Waals surface area contributed by atoms with Crippen LogP contribution in [0, 0.1) is 23.7 Å². The van der Waals surface area contributed by atoms with Crippen molar-refractivity contribution in [2.45, 2.75) is 73.3 Å². The van der Waals surface area contributed by atoms with Crippen molar-refractivity contribution in [1.82, 2.24) is 0 Å². The van der Waals surface area contributed by atoms with Gasteiger partial charge in [0.1, 0.15) is 0 Å². The van der Waals surface area contributed by atoms with Crippen LogP contribution in [0.15, 0.2) is 0 Å². The quantitative estimate of drug-likeness (QED) is 0.680. The lowest BCUT2D eigenvalue weighted by atomic mass is 9.75. The Bertz CT molecular complexity index is 168. The molecule has 0 aromatic heterocycles. The van der Waals surface area contributed by atoms with Crippen LogP contribution in [-0.4, -0.2) is 10.7 Å². The average molecular weight is 228 g/mol. The van der Waals surface area contributed by atoms with Gasteiger partial charge in [0.05, 0.1) is 5.60 Å². The average Bonchev–Trinajstić information content (AvgIpc) is 1.99. The molecule has 0 aliphatic heterocycles. The second-order valence-electron chi connectivity index (χ2n) is 6.75. The Morgan fingerprint density at radius 2 is 1.38 bits per heavy atom. The first-order valence-corrected chi connectivity index (χ1v) is 6.87. The number of aliphatic hydroxyl groups is 1. The fourth-order valence-electron chi connectivity index (χ4n) is 3.13. The predicted octanol–water partition coefficient (Wildman–Crippen LogP) is 4.49. The molecular formula is C15H32O. The molecule has 0 heterocycles. The number of hydrogen-bond acceptors (Lipinski definition) is 1. The third kappa shape index (κ3) is 6.52. The van der Waals surface area contributed by atoms with Crippen LogP contribution >= 0.6 is 0 Å². The summed E-state index contributed by atoms with van der Waals surface area (Å²) in [7, 11) is 0. The molecule has 1 N–H and O–H groups in total. The Kier molecular flexibility index (Phi) is 6.62. The van der Waals surface area contributed by atoms with E-state index in [0.29, 0.717) is 0 Å². The Morgan fingerprint density at radius 3 is 1.69 bits per heavy atom. The largest absolute Gasteiger partial charge is 0.390 e. The maximum Gasteiger partial charge on any atom is 0.0591 e. The SMILES string of the molecule is CC(C)C(C(C)C)[C@H](C)CCCC(C)(C)O. The third-order valence-corrected chi connectivity index (χ3v) is 3.64. The molecule has 1 atom stereocenters. The summed E-state index contributed by atoms with van der Waals surface area (Å²) in [6.07, 6.45) is 3.30. The summed E-state index contributed by atoms with van der Waals surface area (Å²) >= 11 is 0. The molecule has 0 spiro atoms. The van der Waals surface area contributed by atoms with E-state index in [0.717, 1.165) is 36.5 Å². The molecule has 1 nitrogen and oxygen atoms in total. The number of hydrogen-bond donors (Lipinski definition) is 1.